The molecule has 1 aliphatic carbocycles. The van der Waals surface area contributed by atoms with Crippen molar-refractivity contribution in [2.75, 3.05) is 46.3 Å². The van der Waals surface area contributed by atoms with Crippen LogP contribution in [0.1, 0.15) is 108 Å². The zero-order valence-corrected chi connectivity index (χ0v) is 39.8. The van der Waals surface area contributed by atoms with E-state index in [-0.39, 0.29) is 11.8 Å². The van der Waals surface area contributed by atoms with Gasteiger partial charge in [-0.2, -0.15) is 16.8 Å². The smallest absolute Gasteiger partial charge is 0.335 e. The van der Waals surface area contributed by atoms with Gasteiger partial charge in [-0.3, -0.25) is 14.5 Å². The minimum absolute atomic E-state index is 0.0249. The minimum Gasteiger partial charge on any atom is -0.339 e. The number of fused-ring (bicyclic) bond motifs is 6. The summed E-state index contributed by atoms with van der Waals surface area (Å²) in [5.41, 5.74) is 6.16. The number of benzene rings is 2. The molecule has 3 fully saturated rings. The zero-order valence-electron chi connectivity index (χ0n) is 38.1. The lowest BCUT2D eigenvalue weighted by Gasteiger charge is -2.33. The number of carbonyl (C=O) groups is 2. The molecule has 0 N–H and O–H groups in total. The fourth-order valence-electron chi connectivity index (χ4n) is 10.9. The van der Waals surface area contributed by atoms with Gasteiger partial charge >= 0.3 is 20.4 Å². The van der Waals surface area contributed by atoms with E-state index in [1.807, 2.05) is 35.0 Å². The number of amides is 2. The van der Waals surface area contributed by atoms with Gasteiger partial charge in [0.25, 0.3) is 11.8 Å². The molecular weight excluding hydrogens is 877 g/mol. The molecule has 11 rings (SSSR count). The number of carbonyl (C=O) groups excluding carboxylic acids is 2. The lowest BCUT2D eigenvalue weighted by molar-refractivity contribution is 0.0689. The van der Waals surface area contributed by atoms with Gasteiger partial charge in [0, 0.05) is 129 Å². The molecule has 66 heavy (non-hydrogen) atoms. The monoisotopic (exact) mass is 936 g/mol. The molecule has 2 amide bonds. The van der Waals surface area contributed by atoms with Gasteiger partial charge in [-0.1, -0.05) is 26.7 Å². The number of rotatable bonds is 7. The molecule has 8 heterocycles. The van der Waals surface area contributed by atoms with Crippen LogP contribution in [0, 0.1) is 11.8 Å². The van der Waals surface area contributed by atoms with Crippen LogP contribution < -0.4 is 0 Å². The van der Waals surface area contributed by atoms with Crippen molar-refractivity contribution in [2.45, 2.75) is 97.2 Å². The van der Waals surface area contributed by atoms with Gasteiger partial charge in [0.1, 0.15) is 12.7 Å². The van der Waals surface area contributed by atoms with Crippen LogP contribution in [0.15, 0.2) is 73.8 Å². The van der Waals surface area contributed by atoms with Crippen molar-refractivity contribution >= 4 is 54.0 Å². The fraction of sp³-hybridized carbons (Fsp3) is 0.500. The number of piperidine rings is 2. The third-order valence-electron chi connectivity index (χ3n) is 14.9. The number of nitrogens with zero attached hydrogens (tertiary/aromatic N) is 10. The van der Waals surface area contributed by atoms with Crippen molar-refractivity contribution in [3.8, 4) is 0 Å². The van der Waals surface area contributed by atoms with Gasteiger partial charge in [0.15, 0.2) is 0 Å². The number of likely N-dealkylation sites (tertiary alicyclic amines) is 2. The summed E-state index contributed by atoms with van der Waals surface area (Å²) in [4.78, 5) is 42.9. The van der Waals surface area contributed by atoms with Crippen molar-refractivity contribution in [1.29, 1.82) is 0 Å². The summed E-state index contributed by atoms with van der Waals surface area (Å²) in [5.74, 6) is 1.37. The molecular formula is C48H60N10O6S2. The number of aromatic nitrogens is 6. The maximum atomic E-state index is 13.7. The van der Waals surface area contributed by atoms with Gasteiger partial charge in [-0.15, -0.1) is 0 Å². The van der Waals surface area contributed by atoms with Crippen molar-refractivity contribution in [1.82, 2.24) is 45.5 Å². The predicted octanol–water partition coefficient (Wildman–Crippen LogP) is 5.99. The fourth-order valence-corrected chi connectivity index (χ4v) is 13.8. The summed E-state index contributed by atoms with van der Waals surface area (Å²) < 4.78 is 59.4. The van der Waals surface area contributed by atoms with Crippen LogP contribution >= 0.6 is 0 Å². The van der Waals surface area contributed by atoms with E-state index in [1.54, 1.807) is 18.2 Å². The second-order valence-corrected chi connectivity index (χ2v) is 22.6. The largest absolute Gasteiger partial charge is 0.339 e. The first kappa shape index (κ1) is 44.5. The minimum atomic E-state index is -3.86. The molecule has 4 aliphatic heterocycles. The third-order valence-corrected chi connectivity index (χ3v) is 18.1. The zero-order chi connectivity index (χ0) is 45.9. The topological polar surface area (TPSA) is 161 Å². The Labute approximate surface area is 387 Å². The quantitative estimate of drug-likeness (QED) is 0.186. The van der Waals surface area contributed by atoms with Crippen LogP contribution in [0.25, 0.3) is 21.8 Å². The molecule has 1 saturated carbocycles. The first-order chi connectivity index (χ1) is 31.8. The number of hydrogen-bond donors (Lipinski definition) is 0. The Kier molecular flexibility index (Phi) is 12.0. The second kappa shape index (κ2) is 17.7. The molecule has 4 aromatic heterocycles. The van der Waals surface area contributed by atoms with Gasteiger partial charge in [-0.05, 0) is 105 Å². The van der Waals surface area contributed by atoms with Crippen LogP contribution in [0.2, 0.25) is 0 Å². The molecule has 2 aromatic carbocycles. The van der Waals surface area contributed by atoms with Gasteiger partial charge in [-0.25, -0.2) is 25.9 Å². The van der Waals surface area contributed by atoms with Gasteiger partial charge in [0.2, 0.25) is 0 Å². The summed E-state index contributed by atoms with van der Waals surface area (Å²) in [6.45, 7) is 10.6. The summed E-state index contributed by atoms with van der Waals surface area (Å²) in [6.07, 6.45) is 18.8. The third kappa shape index (κ3) is 8.06. The van der Waals surface area contributed by atoms with Crippen molar-refractivity contribution in [2.24, 2.45) is 11.8 Å². The summed E-state index contributed by atoms with van der Waals surface area (Å²) in [7, 11) is -5.67. The number of hydrogen-bond acceptors (Lipinski definition) is 10. The van der Waals surface area contributed by atoms with E-state index >= 15 is 0 Å². The summed E-state index contributed by atoms with van der Waals surface area (Å²) >= 11 is 0. The Bertz CT molecular complexity index is 2990. The van der Waals surface area contributed by atoms with E-state index in [4.69, 9.17) is 0 Å². The average Bonchev–Trinajstić information content (AvgIpc) is 4.19. The molecule has 0 atom stereocenters. The highest BCUT2D eigenvalue weighted by Crippen LogP contribution is 2.37. The molecule has 6 aromatic rings. The SMILES string of the molecule is CC1CCN(C(=O)c2ccc3c(c2)c2c(n3S(=O)(=O)n3ccnc3)CCN(C)C2)CC1.CC1CCN(C(=O)c2ccc3c(c2)c2c(n3S(=O)(=O)n3ccnc3)CCN(C3CCCC3)C2)CC1. The highest BCUT2D eigenvalue weighted by atomic mass is 32.2. The van der Waals surface area contributed by atoms with Crippen LogP contribution in [-0.4, -0.2) is 126 Å². The van der Waals surface area contributed by atoms with Crippen molar-refractivity contribution in [3.63, 3.8) is 0 Å². The Morgan fingerprint density at radius 3 is 1.50 bits per heavy atom. The highest BCUT2D eigenvalue weighted by molar-refractivity contribution is 7.88. The molecule has 0 unspecified atom stereocenters. The number of imidazole rings is 2. The standard InChI is InChI=1S/C26H33N5O3S.C22H27N5O3S/c1-19-8-12-28(13-9-19)26(32)20-6-7-24-22(16-20)23-17-29(21-4-2-3-5-21)14-10-25(23)31(24)35(33,34)30-15-11-27-18-30;1-16-5-10-25(11-6-16)22(28)17-3-4-20-18(13-17)19-14-24(2)9-7-21(19)27(20)31(29,30)26-12-8-23-15-26/h6-7,11,15-16,18-19,21H,2-5,8-10,12-14,17H2,1H3;3-4,8,12-13,15-16H,5-7,9-11,14H2,1-2H3. The van der Waals surface area contributed by atoms with Crippen LogP contribution in [-0.2, 0) is 46.3 Å². The molecule has 350 valence electrons. The van der Waals surface area contributed by atoms with Gasteiger partial charge < -0.3 is 14.7 Å². The normalized spacial score (nSPS) is 19.6. The van der Waals surface area contributed by atoms with Crippen LogP contribution in [0.5, 0.6) is 0 Å². The van der Waals surface area contributed by atoms with Crippen molar-refractivity contribution in [3.05, 3.63) is 107 Å². The van der Waals surface area contributed by atoms with Gasteiger partial charge in [0.05, 0.1) is 11.0 Å². The predicted molar refractivity (Wildman–Crippen MR) is 253 cm³/mol. The molecule has 2 saturated heterocycles. The Morgan fingerprint density at radius 1 is 0.591 bits per heavy atom. The van der Waals surface area contributed by atoms with E-state index in [2.05, 4.69) is 33.6 Å². The van der Waals surface area contributed by atoms with Crippen LogP contribution in [0.3, 0.4) is 0 Å². The van der Waals surface area contributed by atoms with E-state index in [1.165, 1.54) is 75.0 Å². The van der Waals surface area contributed by atoms with E-state index in [9.17, 15) is 26.4 Å². The Morgan fingerprint density at radius 2 is 1.05 bits per heavy atom. The maximum absolute atomic E-state index is 13.7. The highest BCUT2D eigenvalue weighted by Gasteiger charge is 2.35. The van der Waals surface area contributed by atoms with E-state index in [0.29, 0.717) is 59.4 Å². The lowest BCUT2D eigenvalue weighted by Crippen LogP contribution is -2.38. The first-order valence-corrected chi connectivity index (χ1v) is 26.4. The summed E-state index contributed by atoms with van der Waals surface area (Å²) in [6, 6.07) is 11.5. The van der Waals surface area contributed by atoms with Crippen molar-refractivity contribution < 1.29 is 26.4 Å². The molecule has 5 aliphatic rings. The molecule has 0 bridgehead atoms. The Balaban J connectivity index is 0.000000156. The Hall–Kier alpha value is -5.30. The first-order valence-electron chi connectivity index (χ1n) is 23.6. The molecule has 18 heteroatoms. The summed E-state index contributed by atoms with van der Waals surface area (Å²) in [5, 5.41) is 1.71. The lowest BCUT2D eigenvalue weighted by atomic mass is 9.98. The molecule has 0 spiro atoms. The second-order valence-electron chi connectivity index (χ2n) is 19.2. The molecule has 0 radical (unpaired) electrons. The maximum Gasteiger partial charge on any atom is 0.335 e. The van der Waals surface area contributed by atoms with E-state index in [0.717, 1.165) is 109 Å². The average molecular weight is 937 g/mol. The number of likely N-dealkylation sites (N-methyl/N-ethyl adjacent to an activating group) is 1. The van der Waals surface area contributed by atoms with Crippen LogP contribution in [0.4, 0.5) is 0 Å². The van der Waals surface area contributed by atoms with E-state index < -0.39 is 20.4 Å². The molecule has 16 nitrogen and oxygen atoms in total.